The Morgan fingerprint density at radius 2 is 1.35 bits per heavy atom. The van der Waals surface area contributed by atoms with Crippen molar-refractivity contribution in [2.45, 2.75) is 127 Å². The van der Waals surface area contributed by atoms with Gasteiger partial charge in [-0.3, -0.25) is 4.79 Å². The van der Waals surface area contributed by atoms with E-state index in [9.17, 15) is 9.90 Å². The molecule has 1 aromatic carbocycles. The molecule has 2 saturated heterocycles. The molecule has 0 unspecified atom stereocenters. The molecule has 0 aliphatic carbocycles. The van der Waals surface area contributed by atoms with Gasteiger partial charge in [-0.15, -0.1) is 0 Å². The summed E-state index contributed by atoms with van der Waals surface area (Å²) < 4.78 is 53.6. The first-order valence-corrected chi connectivity index (χ1v) is 15.4. The van der Waals surface area contributed by atoms with Gasteiger partial charge in [0.1, 0.15) is 36.6 Å². The zero-order chi connectivity index (χ0) is 31.2. The van der Waals surface area contributed by atoms with Crippen molar-refractivity contribution in [3.63, 3.8) is 0 Å². The molecule has 11 heteroatoms. The van der Waals surface area contributed by atoms with Crippen LogP contribution in [-0.2, 0) is 54.0 Å². The maximum atomic E-state index is 11.3. The van der Waals surface area contributed by atoms with Crippen LogP contribution in [0.1, 0.15) is 64.4 Å². The SMILES string of the molecule is COC(=O)CCCCCCCCO[C@@H]1O[C@@H](C)[C@H](OCc2ccccc2)[C@@H](OC)[C@H]1O[C@@H]1O[C@@H](C)[C@H](O)[C@@H](OC)[C@H]1OC. The van der Waals surface area contributed by atoms with Gasteiger partial charge >= 0.3 is 5.97 Å². The number of aliphatic hydroxyl groups excluding tert-OH is 1. The number of unbranched alkanes of at least 4 members (excludes halogenated alkanes) is 5. The van der Waals surface area contributed by atoms with Crippen LogP contribution in [0.15, 0.2) is 30.3 Å². The van der Waals surface area contributed by atoms with Gasteiger partial charge in [0.05, 0.1) is 25.9 Å². The molecule has 0 spiro atoms. The average Bonchev–Trinajstić information content (AvgIpc) is 3.02. The fourth-order valence-electron chi connectivity index (χ4n) is 5.67. The number of rotatable bonds is 18. The van der Waals surface area contributed by atoms with E-state index in [1.54, 1.807) is 14.0 Å². The van der Waals surface area contributed by atoms with Crippen molar-refractivity contribution in [3.8, 4) is 0 Å². The molecule has 10 atom stereocenters. The quantitative estimate of drug-likeness (QED) is 0.193. The highest BCUT2D eigenvalue weighted by Crippen LogP contribution is 2.33. The molecule has 246 valence electrons. The van der Waals surface area contributed by atoms with Crippen molar-refractivity contribution < 1.29 is 52.5 Å². The van der Waals surface area contributed by atoms with Gasteiger partial charge in [0.2, 0.25) is 0 Å². The number of ether oxygens (including phenoxy) is 9. The van der Waals surface area contributed by atoms with Crippen LogP contribution in [0.4, 0.5) is 0 Å². The molecule has 0 aromatic heterocycles. The van der Waals surface area contributed by atoms with E-state index in [1.165, 1.54) is 21.3 Å². The number of esters is 1. The van der Waals surface area contributed by atoms with Crippen LogP contribution in [0.2, 0.25) is 0 Å². The standard InChI is InChI=1S/C32H52O11/c1-21-25(34)27(36-4)29(38-6)32(41-21)43-30-28(37-5)26(40-20-23-16-12-11-13-17-23)22(2)42-31(30)39-19-15-10-8-7-9-14-18-24(33)35-3/h11-13,16-17,21-22,25-32,34H,7-10,14-15,18-20H2,1-6H3/t21-,22-,25-,26-,27+,28+,29+,30+,31+,32-/m0/s1. The van der Waals surface area contributed by atoms with Gasteiger partial charge in [0.15, 0.2) is 12.6 Å². The Bertz CT molecular complexity index is 903. The first kappa shape index (κ1) is 35.8. The van der Waals surface area contributed by atoms with E-state index in [0.29, 0.717) is 19.6 Å². The summed E-state index contributed by atoms with van der Waals surface area (Å²) in [5, 5.41) is 10.6. The normalized spacial score (nSPS) is 32.9. The van der Waals surface area contributed by atoms with E-state index >= 15 is 0 Å². The first-order valence-electron chi connectivity index (χ1n) is 15.4. The number of carbonyl (C=O) groups excluding carboxylic acids is 1. The highest BCUT2D eigenvalue weighted by molar-refractivity contribution is 5.68. The van der Waals surface area contributed by atoms with Crippen molar-refractivity contribution in [2.75, 3.05) is 35.0 Å². The second-order valence-electron chi connectivity index (χ2n) is 11.2. The minimum absolute atomic E-state index is 0.159. The predicted molar refractivity (Wildman–Crippen MR) is 157 cm³/mol. The molecule has 1 N–H and O–H groups in total. The number of hydrogen-bond donors (Lipinski definition) is 1. The molecular weight excluding hydrogens is 560 g/mol. The van der Waals surface area contributed by atoms with Crippen LogP contribution < -0.4 is 0 Å². The fraction of sp³-hybridized carbons (Fsp3) is 0.781. The van der Waals surface area contributed by atoms with Crippen LogP contribution in [-0.4, -0.2) is 108 Å². The Labute approximate surface area is 256 Å². The topological polar surface area (TPSA) is 120 Å². The van der Waals surface area contributed by atoms with Gasteiger partial charge in [-0.2, -0.15) is 0 Å². The van der Waals surface area contributed by atoms with Gasteiger partial charge in [0, 0.05) is 34.4 Å². The van der Waals surface area contributed by atoms with E-state index < -0.39 is 55.3 Å². The molecule has 11 nitrogen and oxygen atoms in total. The van der Waals surface area contributed by atoms with E-state index in [-0.39, 0.29) is 12.1 Å². The third-order valence-corrected chi connectivity index (χ3v) is 8.16. The smallest absolute Gasteiger partial charge is 0.305 e. The molecule has 0 radical (unpaired) electrons. The maximum Gasteiger partial charge on any atom is 0.305 e. The zero-order valence-corrected chi connectivity index (χ0v) is 26.6. The summed E-state index contributed by atoms with van der Waals surface area (Å²) in [4.78, 5) is 11.3. The number of aliphatic hydroxyl groups is 1. The fourth-order valence-corrected chi connectivity index (χ4v) is 5.67. The highest BCUT2D eigenvalue weighted by atomic mass is 16.8. The Kier molecular flexibility index (Phi) is 15.8. The van der Waals surface area contributed by atoms with Gasteiger partial charge < -0.3 is 47.7 Å². The maximum absolute atomic E-state index is 11.3. The second kappa shape index (κ2) is 19.0. The lowest BCUT2D eigenvalue weighted by Crippen LogP contribution is -2.64. The van der Waals surface area contributed by atoms with E-state index in [2.05, 4.69) is 0 Å². The Morgan fingerprint density at radius 1 is 0.721 bits per heavy atom. The van der Waals surface area contributed by atoms with Crippen LogP contribution in [0.5, 0.6) is 0 Å². The summed E-state index contributed by atoms with van der Waals surface area (Å²) in [5.74, 6) is -0.159. The van der Waals surface area contributed by atoms with Gasteiger partial charge in [-0.05, 0) is 32.3 Å². The molecule has 0 amide bonds. The first-order chi connectivity index (χ1) is 20.8. The molecule has 1 aromatic rings. The largest absolute Gasteiger partial charge is 0.469 e. The number of methoxy groups -OCH3 is 4. The third kappa shape index (κ3) is 10.4. The highest BCUT2D eigenvalue weighted by Gasteiger charge is 2.52. The summed E-state index contributed by atoms with van der Waals surface area (Å²) >= 11 is 0. The minimum atomic E-state index is -0.884. The molecule has 2 fully saturated rings. The predicted octanol–water partition coefficient (Wildman–Crippen LogP) is 3.77. The second-order valence-corrected chi connectivity index (χ2v) is 11.2. The lowest BCUT2D eigenvalue weighted by Gasteiger charge is -2.48. The van der Waals surface area contributed by atoms with Crippen molar-refractivity contribution in [2.24, 2.45) is 0 Å². The zero-order valence-electron chi connectivity index (χ0n) is 26.6. The van der Waals surface area contributed by atoms with E-state index in [1.807, 2.05) is 37.3 Å². The lowest BCUT2D eigenvalue weighted by molar-refractivity contribution is -0.369. The van der Waals surface area contributed by atoms with Crippen LogP contribution in [0.3, 0.4) is 0 Å². The molecule has 0 bridgehead atoms. The van der Waals surface area contributed by atoms with Crippen LogP contribution >= 0.6 is 0 Å². The Hall–Kier alpha value is -1.67. The molecule has 0 saturated carbocycles. The summed E-state index contributed by atoms with van der Waals surface area (Å²) in [5.41, 5.74) is 1.03. The summed E-state index contributed by atoms with van der Waals surface area (Å²) in [6, 6.07) is 9.92. The lowest BCUT2D eigenvalue weighted by atomic mass is 9.97. The molecule has 3 rings (SSSR count). The van der Waals surface area contributed by atoms with Crippen LogP contribution in [0, 0.1) is 0 Å². The van der Waals surface area contributed by atoms with Crippen LogP contribution in [0.25, 0.3) is 0 Å². The van der Waals surface area contributed by atoms with Gasteiger partial charge in [-0.25, -0.2) is 0 Å². The van der Waals surface area contributed by atoms with Crippen molar-refractivity contribution in [3.05, 3.63) is 35.9 Å². The van der Waals surface area contributed by atoms with Crippen molar-refractivity contribution in [1.82, 2.24) is 0 Å². The molecule has 2 aliphatic rings. The summed E-state index contributed by atoms with van der Waals surface area (Å²) in [7, 11) is 6.09. The molecular formula is C32H52O11. The summed E-state index contributed by atoms with van der Waals surface area (Å²) in [6.45, 7) is 4.56. The van der Waals surface area contributed by atoms with Crippen molar-refractivity contribution >= 4 is 5.97 Å². The van der Waals surface area contributed by atoms with Gasteiger partial charge in [-0.1, -0.05) is 56.0 Å². The molecule has 43 heavy (non-hydrogen) atoms. The Morgan fingerprint density at radius 3 is 2.00 bits per heavy atom. The minimum Gasteiger partial charge on any atom is -0.469 e. The third-order valence-electron chi connectivity index (χ3n) is 8.16. The monoisotopic (exact) mass is 612 g/mol. The number of benzene rings is 1. The summed E-state index contributed by atoms with van der Waals surface area (Å²) in [6.07, 6.45) is -0.238. The molecule has 2 aliphatic heterocycles. The number of hydrogen-bond acceptors (Lipinski definition) is 11. The number of carbonyl (C=O) groups is 1. The van der Waals surface area contributed by atoms with Gasteiger partial charge in [0.25, 0.3) is 0 Å². The van der Waals surface area contributed by atoms with E-state index in [0.717, 1.165) is 44.1 Å². The van der Waals surface area contributed by atoms with Crippen molar-refractivity contribution in [1.29, 1.82) is 0 Å². The molecule has 2 heterocycles. The Balaban J connectivity index is 1.65. The van der Waals surface area contributed by atoms with E-state index in [4.69, 9.17) is 42.6 Å². The average molecular weight is 613 g/mol.